The lowest BCUT2D eigenvalue weighted by Crippen LogP contribution is -2.35. The van der Waals surface area contributed by atoms with Crippen molar-refractivity contribution < 1.29 is 8.78 Å². The predicted octanol–water partition coefficient (Wildman–Crippen LogP) is 3.09. The molecule has 0 aromatic heterocycles. The molecule has 2 N–H and O–H groups in total. The summed E-state index contributed by atoms with van der Waals surface area (Å²) in [4.78, 5) is 1.83. The summed E-state index contributed by atoms with van der Waals surface area (Å²) in [6, 6.07) is 2.74. The largest absolute Gasteiger partial charge is 0.367 e. The first-order chi connectivity index (χ1) is 8.97. The lowest BCUT2D eigenvalue weighted by Gasteiger charge is -2.33. The molecule has 0 aliphatic carbocycles. The maximum atomic E-state index is 14.2. The van der Waals surface area contributed by atoms with Gasteiger partial charge in [-0.2, -0.15) is 0 Å². The third-order valence-electron chi connectivity index (χ3n) is 3.61. The Morgan fingerprint density at radius 1 is 1.37 bits per heavy atom. The third kappa shape index (κ3) is 3.44. The SMILES string of the molecule is CC(N)Cc1cc(F)c(N2CCCC(C)C2)c(F)c1. The average Bonchev–Trinajstić information content (AvgIpc) is 2.26. The van der Waals surface area contributed by atoms with Crippen LogP contribution in [0.25, 0.3) is 0 Å². The van der Waals surface area contributed by atoms with E-state index in [2.05, 4.69) is 6.92 Å². The van der Waals surface area contributed by atoms with Crippen LogP contribution in [-0.4, -0.2) is 19.1 Å². The summed E-state index contributed by atoms with van der Waals surface area (Å²) in [5, 5.41) is 0. The average molecular weight is 268 g/mol. The monoisotopic (exact) mass is 268 g/mol. The molecule has 4 heteroatoms. The second-order valence-electron chi connectivity index (χ2n) is 5.78. The molecular weight excluding hydrogens is 246 g/mol. The van der Waals surface area contributed by atoms with E-state index in [4.69, 9.17) is 5.73 Å². The van der Waals surface area contributed by atoms with Gasteiger partial charge in [0.1, 0.15) is 17.3 Å². The summed E-state index contributed by atoms with van der Waals surface area (Å²) in [6.45, 7) is 5.40. The molecule has 2 unspecified atom stereocenters. The Kier molecular flexibility index (Phi) is 4.40. The normalized spacial score (nSPS) is 21.5. The second-order valence-corrected chi connectivity index (χ2v) is 5.78. The highest BCUT2D eigenvalue weighted by Gasteiger charge is 2.23. The van der Waals surface area contributed by atoms with Crippen LogP contribution in [0.1, 0.15) is 32.3 Å². The molecule has 0 saturated carbocycles. The van der Waals surface area contributed by atoms with Gasteiger partial charge in [-0.15, -0.1) is 0 Å². The van der Waals surface area contributed by atoms with E-state index < -0.39 is 11.6 Å². The molecule has 1 aromatic carbocycles. The first-order valence-corrected chi connectivity index (χ1v) is 6.96. The minimum atomic E-state index is -0.468. The number of nitrogens with two attached hydrogens (primary N) is 1. The van der Waals surface area contributed by atoms with E-state index in [1.165, 1.54) is 12.1 Å². The Morgan fingerprint density at radius 3 is 2.53 bits per heavy atom. The molecule has 2 rings (SSSR count). The topological polar surface area (TPSA) is 29.3 Å². The fraction of sp³-hybridized carbons (Fsp3) is 0.600. The third-order valence-corrected chi connectivity index (χ3v) is 3.61. The van der Waals surface area contributed by atoms with Gasteiger partial charge in [-0.05, 0) is 49.8 Å². The van der Waals surface area contributed by atoms with Crippen molar-refractivity contribution in [3.05, 3.63) is 29.3 Å². The molecule has 0 amide bonds. The Labute approximate surface area is 113 Å². The molecule has 0 spiro atoms. The number of halogens is 2. The molecule has 106 valence electrons. The van der Waals surface area contributed by atoms with E-state index in [-0.39, 0.29) is 11.7 Å². The molecule has 1 saturated heterocycles. The van der Waals surface area contributed by atoms with Crippen LogP contribution in [0.3, 0.4) is 0 Å². The molecular formula is C15H22F2N2. The van der Waals surface area contributed by atoms with Crippen molar-refractivity contribution >= 4 is 5.69 Å². The lowest BCUT2D eigenvalue weighted by atomic mass is 9.99. The summed E-state index contributed by atoms with van der Waals surface area (Å²) in [5.74, 6) is -0.453. The molecule has 2 atom stereocenters. The van der Waals surface area contributed by atoms with Crippen molar-refractivity contribution in [3.63, 3.8) is 0 Å². The van der Waals surface area contributed by atoms with Gasteiger partial charge in [-0.1, -0.05) is 6.92 Å². The minimum absolute atomic E-state index is 0.0975. The van der Waals surface area contributed by atoms with Crippen LogP contribution in [0.2, 0.25) is 0 Å². The number of rotatable bonds is 3. The number of benzene rings is 1. The van der Waals surface area contributed by atoms with Crippen molar-refractivity contribution in [2.75, 3.05) is 18.0 Å². The number of hydrogen-bond acceptors (Lipinski definition) is 2. The van der Waals surface area contributed by atoms with Gasteiger partial charge in [-0.25, -0.2) is 8.78 Å². The van der Waals surface area contributed by atoms with E-state index in [0.717, 1.165) is 25.9 Å². The first-order valence-electron chi connectivity index (χ1n) is 6.96. The summed E-state index contributed by atoms with van der Waals surface area (Å²) < 4.78 is 28.3. The van der Waals surface area contributed by atoms with E-state index in [1.54, 1.807) is 0 Å². The molecule has 1 aliphatic heterocycles. The van der Waals surface area contributed by atoms with Gasteiger partial charge in [0.25, 0.3) is 0 Å². The van der Waals surface area contributed by atoms with Gasteiger partial charge in [0.05, 0.1) is 0 Å². The van der Waals surface area contributed by atoms with E-state index in [9.17, 15) is 8.78 Å². The van der Waals surface area contributed by atoms with Crippen LogP contribution >= 0.6 is 0 Å². The van der Waals surface area contributed by atoms with Crippen molar-refractivity contribution in [1.29, 1.82) is 0 Å². The number of anilines is 1. The van der Waals surface area contributed by atoms with Crippen LogP contribution in [0.5, 0.6) is 0 Å². The molecule has 1 heterocycles. The molecule has 0 radical (unpaired) electrons. The van der Waals surface area contributed by atoms with Crippen LogP contribution in [-0.2, 0) is 6.42 Å². The predicted molar refractivity (Wildman–Crippen MR) is 74.3 cm³/mol. The number of hydrogen-bond donors (Lipinski definition) is 1. The van der Waals surface area contributed by atoms with E-state index in [0.29, 0.717) is 17.9 Å². The van der Waals surface area contributed by atoms with Crippen molar-refractivity contribution in [3.8, 4) is 0 Å². The van der Waals surface area contributed by atoms with E-state index >= 15 is 0 Å². The van der Waals surface area contributed by atoms with E-state index in [1.807, 2.05) is 11.8 Å². The molecule has 19 heavy (non-hydrogen) atoms. The molecule has 2 nitrogen and oxygen atoms in total. The highest BCUT2D eigenvalue weighted by molar-refractivity contribution is 5.51. The van der Waals surface area contributed by atoms with Gasteiger partial charge >= 0.3 is 0 Å². The van der Waals surface area contributed by atoms with Gasteiger partial charge in [0.15, 0.2) is 0 Å². The second kappa shape index (κ2) is 5.87. The molecule has 1 aliphatic rings. The first kappa shape index (κ1) is 14.3. The Hall–Kier alpha value is -1.16. The van der Waals surface area contributed by atoms with Gasteiger partial charge < -0.3 is 10.6 Å². The van der Waals surface area contributed by atoms with Gasteiger partial charge in [0.2, 0.25) is 0 Å². The zero-order valence-electron chi connectivity index (χ0n) is 11.6. The fourth-order valence-electron chi connectivity index (χ4n) is 2.80. The molecule has 0 bridgehead atoms. The van der Waals surface area contributed by atoms with Crippen LogP contribution < -0.4 is 10.6 Å². The fourth-order valence-corrected chi connectivity index (χ4v) is 2.80. The van der Waals surface area contributed by atoms with Crippen molar-refractivity contribution in [2.45, 2.75) is 39.2 Å². The number of nitrogens with zero attached hydrogens (tertiary/aromatic N) is 1. The lowest BCUT2D eigenvalue weighted by molar-refractivity contribution is 0.435. The maximum absolute atomic E-state index is 14.2. The zero-order valence-corrected chi connectivity index (χ0v) is 11.6. The quantitative estimate of drug-likeness (QED) is 0.912. The van der Waals surface area contributed by atoms with Crippen molar-refractivity contribution in [1.82, 2.24) is 0 Å². The summed E-state index contributed by atoms with van der Waals surface area (Å²) in [5.41, 5.74) is 6.42. The van der Waals surface area contributed by atoms with Crippen molar-refractivity contribution in [2.24, 2.45) is 11.7 Å². The summed E-state index contributed by atoms with van der Waals surface area (Å²) in [6.07, 6.45) is 2.61. The maximum Gasteiger partial charge on any atom is 0.149 e. The highest BCUT2D eigenvalue weighted by atomic mass is 19.1. The Morgan fingerprint density at radius 2 is 2.00 bits per heavy atom. The summed E-state index contributed by atoms with van der Waals surface area (Å²) >= 11 is 0. The van der Waals surface area contributed by atoms with Crippen LogP contribution in [0, 0.1) is 17.6 Å². The minimum Gasteiger partial charge on any atom is -0.367 e. The number of piperidine rings is 1. The Balaban J connectivity index is 2.25. The van der Waals surface area contributed by atoms with Crippen LogP contribution in [0.15, 0.2) is 12.1 Å². The summed E-state index contributed by atoms with van der Waals surface area (Å²) in [7, 11) is 0. The highest BCUT2D eigenvalue weighted by Crippen LogP contribution is 2.29. The Bertz CT molecular complexity index is 423. The zero-order chi connectivity index (χ0) is 14.0. The molecule has 1 aromatic rings. The smallest absolute Gasteiger partial charge is 0.149 e. The van der Waals surface area contributed by atoms with Gasteiger partial charge in [0, 0.05) is 19.1 Å². The standard InChI is InChI=1S/C15H22F2N2/c1-10-4-3-5-19(9-10)15-13(16)7-12(6-11(2)18)8-14(15)17/h7-8,10-11H,3-6,9,18H2,1-2H3. The molecule has 1 fully saturated rings. The van der Waals surface area contributed by atoms with Gasteiger partial charge in [-0.3, -0.25) is 0 Å². The van der Waals surface area contributed by atoms with Crippen LogP contribution in [0.4, 0.5) is 14.5 Å².